The van der Waals surface area contributed by atoms with E-state index in [4.69, 9.17) is 4.74 Å². The smallest absolute Gasteiger partial charge is 0.341 e. The molecule has 0 aliphatic carbocycles. The maximum Gasteiger partial charge on any atom is 0.341 e. The van der Waals surface area contributed by atoms with Gasteiger partial charge in [0.05, 0.1) is 13.7 Å². The molecule has 7 heteroatoms. The van der Waals surface area contributed by atoms with E-state index in [-0.39, 0.29) is 11.7 Å². The van der Waals surface area contributed by atoms with E-state index in [2.05, 4.69) is 10.2 Å². The molecule has 1 N–H and O–H groups in total. The number of amides is 1. The number of halogens is 1. The van der Waals surface area contributed by atoms with Gasteiger partial charge in [-0.2, -0.15) is 0 Å². The number of likely N-dealkylation sites (tertiary alicyclic amines) is 1. The van der Waals surface area contributed by atoms with Crippen LogP contribution in [0, 0.1) is 5.82 Å². The molecule has 0 bridgehead atoms. The molecule has 0 unspecified atom stereocenters. The minimum atomic E-state index is -0.531. The number of hydrogen-bond acceptors (Lipinski definition) is 5. The van der Waals surface area contributed by atoms with Crippen LogP contribution in [0.2, 0.25) is 0 Å². The monoisotopic (exact) mass is 362 g/mol. The van der Waals surface area contributed by atoms with Crippen LogP contribution in [0.4, 0.5) is 9.39 Å². The van der Waals surface area contributed by atoms with Gasteiger partial charge in [0.1, 0.15) is 16.4 Å². The summed E-state index contributed by atoms with van der Waals surface area (Å²) in [6.45, 7) is 2.15. The van der Waals surface area contributed by atoms with Crippen molar-refractivity contribution in [3.8, 4) is 11.1 Å². The summed E-state index contributed by atoms with van der Waals surface area (Å²) in [7, 11) is 1.30. The molecule has 3 rings (SSSR count). The van der Waals surface area contributed by atoms with E-state index < -0.39 is 5.97 Å². The lowest BCUT2D eigenvalue weighted by molar-refractivity contribution is -0.117. The third-order valence-electron chi connectivity index (χ3n) is 4.15. The van der Waals surface area contributed by atoms with Crippen LogP contribution >= 0.6 is 11.3 Å². The Morgan fingerprint density at radius 2 is 1.92 bits per heavy atom. The van der Waals surface area contributed by atoms with Crippen LogP contribution in [-0.4, -0.2) is 43.5 Å². The molecule has 2 heterocycles. The first-order chi connectivity index (χ1) is 12.1. The summed E-state index contributed by atoms with van der Waals surface area (Å²) >= 11 is 1.26. The van der Waals surface area contributed by atoms with Gasteiger partial charge in [-0.1, -0.05) is 12.1 Å². The van der Waals surface area contributed by atoms with Crippen LogP contribution in [-0.2, 0) is 9.53 Å². The van der Waals surface area contributed by atoms with E-state index in [0.29, 0.717) is 28.2 Å². The topological polar surface area (TPSA) is 58.6 Å². The van der Waals surface area contributed by atoms with Crippen molar-refractivity contribution in [2.75, 3.05) is 32.1 Å². The second kappa shape index (κ2) is 7.76. The molecule has 0 spiro atoms. The Balaban J connectivity index is 1.84. The number of ether oxygens (including phenoxy) is 1. The van der Waals surface area contributed by atoms with Gasteiger partial charge >= 0.3 is 5.97 Å². The van der Waals surface area contributed by atoms with Crippen LogP contribution in [0.15, 0.2) is 29.6 Å². The van der Waals surface area contributed by atoms with Gasteiger partial charge in [0.15, 0.2) is 0 Å². The highest BCUT2D eigenvalue weighted by molar-refractivity contribution is 7.15. The summed E-state index contributed by atoms with van der Waals surface area (Å²) in [6, 6.07) is 5.86. The highest BCUT2D eigenvalue weighted by atomic mass is 32.1. The molecule has 2 aromatic rings. The Morgan fingerprint density at radius 1 is 1.24 bits per heavy atom. The fraction of sp³-hybridized carbons (Fsp3) is 0.333. The standard InChI is InChI=1S/C18H19FN2O3S/c1-24-18(23)16-14(12-4-6-13(19)7-5-12)11-25-17(16)20-15(22)10-21-8-2-3-9-21/h4-7,11H,2-3,8-10H2,1H3,(H,20,22). The van der Waals surface area contributed by atoms with Gasteiger partial charge in [0.2, 0.25) is 5.91 Å². The molecule has 1 aromatic heterocycles. The van der Waals surface area contributed by atoms with Crippen LogP contribution in [0.25, 0.3) is 11.1 Å². The zero-order valence-electron chi connectivity index (χ0n) is 13.9. The number of anilines is 1. The van der Waals surface area contributed by atoms with Crippen LogP contribution in [0.3, 0.4) is 0 Å². The molecule has 1 amide bonds. The fourth-order valence-corrected chi connectivity index (χ4v) is 3.88. The zero-order valence-corrected chi connectivity index (χ0v) is 14.7. The van der Waals surface area contributed by atoms with Crippen molar-refractivity contribution in [3.05, 3.63) is 41.0 Å². The molecule has 1 fully saturated rings. The Kier molecular flexibility index (Phi) is 5.45. The highest BCUT2D eigenvalue weighted by Crippen LogP contribution is 2.36. The number of methoxy groups -OCH3 is 1. The number of esters is 1. The predicted octanol–water partition coefficient (Wildman–Crippen LogP) is 3.38. The first-order valence-electron chi connectivity index (χ1n) is 8.06. The van der Waals surface area contributed by atoms with Gasteiger partial charge in [0.25, 0.3) is 0 Å². The van der Waals surface area contributed by atoms with E-state index in [0.717, 1.165) is 25.9 Å². The molecule has 1 saturated heterocycles. The summed E-state index contributed by atoms with van der Waals surface area (Å²) in [6.07, 6.45) is 2.21. The van der Waals surface area contributed by atoms with Crippen molar-refractivity contribution >= 4 is 28.2 Å². The van der Waals surface area contributed by atoms with E-state index in [9.17, 15) is 14.0 Å². The van der Waals surface area contributed by atoms with Crippen molar-refractivity contribution in [3.63, 3.8) is 0 Å². The lowest BCUT2D eigenvalue weighted by Gasteiger charge is -2.14. The maximum absolute atomic E-state index is 13.1. The quantitative estimate of drug-likeness (QED) is 0.829. The largest absolute Gasteiger partial charge is 0.465 e. The molecule has 0 radical (unpaired) electrons. The number of benzene rings is 1. The van der Waals surface area contributed by atoms with Gasteiger partial charge < -0.3 is 10.1 Å². The molecule has 1 aromatic carbocycles. The molecule has 0 atom stereocenters. The van der Waals surface area contributed by atoms with Crippen molar-refractivity contribution in [2.24, 2.45) is 0 Å². The van der Waals surface area contributed by atoms with Crippen LogP contribution < -0.4 is 5.32 Å². The van der Waals surface area contributed by atoms with Gasteiger partial charge in [-0.25, -0.2) is 9.18 Å². The molecule has 1 aliphatic rings. The average Bonchev–Trinajstić information content (AvgIpc) is 3.25. The van der Waals surface area contributed by atoms with Crippen LogP contribution in [0.1, 0.15) is 23.2 Å². The first kappa shape index (κ1) is 17.6. The zero-order chi connectivity index (χ0) is 17.8. The maximum atomic E-state index is 13.1. The van der Waals surface area contributed by atoms with Gasteiger partial charge in [-0.3, -0.25) is 9.69 Å². The van der Waals surface area contributed by atoms with E-state index >= 15 is 0 Å². The summed E-state index contributed by atoms with van der Waals surface area (Å²) in [5, 5.41) is 5.04. The summed E-state index contributed by atoms with van der Waals surface area (Å²) in [5.74, 6) is -1.03. The SMILES string of the molecule is COC(=O)c1c(-c2ccc(F)cc2)csc1NC(=O)CN1CCCC1. The first-order valence-corrected chi connectivity index (χ1v) is 8.94. The average molecular weight is 362 g/mol. The molecule has 5 nitrogen and oxygen atoms in total. The molecular formula is C18H19FN2O3S. The second-order valence-corrected chi connectivity index (χ2v) is 6.76. The molecule has 25 heavy (non-hydrogen) atoms. The molecule has 1 aliphatic heterocycles. The van der Waals surface area contributed by atoms with Crippen molar-refractivity contribution in [1.82, 2.24) is 4.90 Å². The normalized spacial score (nSPS) is 14.5. The Morgan fingerprint density at radius 3 is 2.56 bits per heavy atom. The number of carbonyl (C=O) groups excluding carboxylic acids is 2. The summed E-state index contributed by atoms with van der Waals surface area (Å²) < 4.78 is 18.0. The van der Waals surface area contributed by atoms with Crippen molar-refractivity contribution in [2.45, 2.75) is 12.8 Å². The number of nitrogens with one attached hydrogen (secondary N) is 1. The summed E-state index contributed by atoms with van der Waals surface area (Å²) in [5.41, 5.74) is 1.61. The minimum absolute atomic E-state index is 0.153. The Hall–Kier alpha value is -2.25. The van der Waals surface area contributed by atoms with Gasteiger partial charge in [-0.15, -0.1) is 11.3 Å². The highest BCUT2D eigenvalue weighted by Gasteiger charge is 2.23. The molecule has 0 saturated carbocycles. The van der Waals surface area contributed by atoms with Crippen molar-refractivity contribution in [1.29, 1.82) is 0 Å². The molecular weight excluding hydrogens is 343 g/mol. The Bertz CT molecular complexity index is 767. The number of carbonyl (C=O) groups is 2. The fourth-order valence-electron chi connectivity index (χ4n) is 2.91. The summed E-state index contributed by atoms with van der Waals surface area (Å²) in [4.78, 5) is 26.6. The van der Waals surface area contributed by atoms with E-state index in [1.54, 1.807) is 17.5 Å². The number of nitrogens with zero attached hydrogens (tertiary/aromatic N) is 1. The second-order valence-electron chi connectivity index (χ2n) is 5.88. The van der Waals surface area contributed by atoms with Gasteiger partial charge in [-0.05, 0) is 43.6 Å². The van der Waals surface area contributed by atoms with E-state index in [1.807, 2.05) is 0 Å². The third kappa shape index (κ3) is 4.05. The number of thiophene rings is 1. The van der Waals surface area contributed by atoms with Crippen LogP contribution in [0.5, 0.6) is 0 Å². The lowest BCUT2D eigenvalue weighted by Crippen LogP contribution is -2.31. The number of rotatable bonds is 5. The number of hydrogen-bond donors (Lipinski definition) is 1. The lowest BCUT2D eigenvalue weighted by atomic mass is 10.0. The Labute approximate surface area is 149 Å². The minimum Gasteiger partial charge on any atom is -0.465 e. The van der Waals surface area contributed by atoms with Gasteiger partial charge in [0, 0.05) is 10.9 Å². The van der Waals surface area contributed by atoms with Crippen molar-refractivity contribution < 1.29 is 18.7 Å². The molecule has 132 valence electrons. The predicted molar refractivity (Wildman–Crippen MR) is 95.4 cm³/mol. The third-order valence-corrected chi connectivity index (χ3v) is 5.05. The van der Waals surface area contributed by atoms with E-state index in [1.165, 1.54) is 30.6 Å².